The first-order valence-corrected chi connectivity index (χ1v) is 10.5. The molecule has 4 heterocycles. The highest BCUT2D eigenvalue weighted by Gasteiger charge is 2.21. The second kappa shape index (κ2) is 7.29. The topological polar surface area (TPSA) is 51.0 Å². The van der Waals surface area contributed by atoms with Crippen LogP contribution in [-0.2, 0) is 7.05 Å². The van der Waals surface area contributed by atoms with Crippen LogP contribution in [0.3, 0.4) is 0 Å². The number of anilines is 1. The lowest BCUT2D eigenvalue weighted by molar-refractivity contribution is 0.727. The number of aromatic nitrogens is 3. The Hall–Kier alpha value is -3.25. The molecule has 0 bridgehead atoms. The lowest BCUT2D eigenvalue weighted by Crippen LogP contribution is -2.35. The second-order valence-corrected chi connectivity index (χ2v) is 8.07. The Morgan fingerprint density at radius 2 is 1.93 bits per heavy atom. The molecule has 1 aliphatic heterocycles. The molecule has 0 radical (unpaired) electrons. The van der Waals surface area contributed by atoms with Crippen molar-refractivity contribution in [3.8, 4) is 11.3 Å². The van der Waals surface area contributed by atoms with Gasteiger partial charge in [0.15, 0.2) is 0 Å². The van der Waals surface area contributed by atoms with Crippen LogP contribution in [0.1, 0.15) is 12.0 Å². The molecule has 1 aromatic carbocycles. The van der Waals surface area contributed by atoms with E-state index in [0.717, 1.165) is 25.1 Å². The van der Waals surface area contributed by atoms with Gasteiger partial charge in [-0.05, 0) is 41.1 Å². The Kier molecular flexibility index (Phi) is 4.48. The van der Waals surface area contributed by atoms with E-state index in [-0.39, 0.29) is 5.56 Å². The van der Waals surface area contributed by atoms with E-state index in [2.05, 4.69) is 45.6 Å². The fourth-order valence-corrected chi connectivity index (χ4v) is 4.80. The van der Waals surface area contributed by atoms with Crippen molar-refractivity contribution >= 4 is 32.9 Å². The summed E-state index contributed by atoms with van der Waals surface area (Å²) in [5.41, 5.74) is 4.10. The van der Waals surface area contributed by atoms with E-state index in [4.69, 9.17) is 4.98 Å². The molecule has 5 rings (SSSR count). The number of nitrogens with zero attached hydrogens (tertiary/aromatic N) is 4. The molecule has 1 aliphatic rings. The van der Waals surface area contributed by atoms with Crippen molar-refractivity contribution in [3.63, 3.8) is 0 Å². The molecule has 0 fully saturated rings. The first kappa shape index (κ1) is 17.8. The third-order valence-corrected chi connectivity index (χ3v) is 6.31. The van der Waals surface area contributed by atoms with Crippen LogP contribution in [0.25, 0.3) is 26.9 Å². The van der Waals surface area contributed by atoms with Crippen LogP contribution in [-0.4, -0.2) is 27.6 Å². The summed E-state index contributed by atoms with van der Waals surface area (Å²) in [4.78, 5) is 23.7. The van der Waals surface area contributed by atoms with Crippen molar-refractivity contribution < 1.29 is 0 Å². The Morgan fingerprint density at radius 1 is 1.10 bits per heavy atom. The minimum absolute atomic E-state index is 0.0566. The lowest BCUT2D eigenvalue weighted by Gasteiger charge is -2.29. The van der Waals surface area contributed by atoms with Gasteiger partial charge in [0.05, 0.1) is 5.69 Å². The van der Waals surface area contributed by atoms with Crippen LogP contribution in [0.5, 0.6) is 0 Å². The van der Waals surface area contributed by atoms with Crippen molar-refractivity contribution in [2.75, 3.05) is 18.0 Å². The molecular formula is C23H20N4OS. The molecule has 4 aromatic rings. The maximum absolute atomic E-state index is 12.6. The molecule has 5 nitrogen and oxygen atoms in total. The van der Waals surface area contributed by atoms with Gasteiger partial charge in [-0.3, -0.25) is 14.3 Å². The predicted molar refractivity (Wildman–Crippen MR) is 119 cm³/mol. The summed E-state index contributed by atoms with van der Waals surface area (Å²) in [6.45, 7) is 1.58. The normalized spacial score (nSPS) is 14.2. The van der Waals surface area contributed by atoms with E-state index >= 15 is 0 Å². The van der Waals surface area contributed by atoms with Crippen LogP contribution < -0.4 is 10.5 Å². The summed E-state index contributed by atoms with van der Waals surface area (Å²) >= 11 is 1.77. The Morgan fingerprint density at radius 3 is 2.79 bits per heavy atom. The minimum atomic E-state index is -0.0566. The molecule has 3 aromatic heterocycles. The van der Waals surface area contributed by atoms with Gasteiger partial charge in [-0.15, -0.1) is 11.3 Å². The Labute approximate surface area is 172 Å². The summed E-state index contributed by atoms with van der Waals surface area (Å²) in [7, 11) is 1.79. The van der Waals surface area contributed by atoms with Gasteiger partial charge in [-0.25, -0.2) is 4.98 Å². The van der Waals surface area contributed by atoms with Crippen molar-refractivity contribution in [1.82, 2.24) is 14.5 Å². The van der Waals surface area contributed by atoms with Crippen LogP contribution >= 0.6 is 11.3 Å². The lowest BCUT2D eigenvalue weighted by atomic mass is 10.0. The van der Waals surface area contributed by atoms with E-state index in [1.54, 1.807) is 41.4 Å². The third-order valence-electron chi connectivity index (χ3n) is 5.35. The SMILES string of the molecule is Cn1c(N2CCC=C(c3csc4ccccc34)C2)nc(-c2ccncc2)cc1=O. The predicted octanol–water partition coefficient (Wildman–Crippen LogP) is 4.35. The minimum Gasteiger partial charge on any atom is -0.338 e. The third kappa shape index (κ3) is 3.25. The quantitative estimate of drug-likeness (QED) is 0.513. The zero-order chi connectivity index (χ0) is 19.8. The Bertz CT molecular complexity index is 1270. The standard InChI is InChI=1S/C23H20N4OS/c1-26-22(28)13-20(16-8-10-24-11-9-16)25-23(26)27-12-4-5-17(14-27)19-15-29-21-7-3-2-6-18(19)21/h2-3,5-11,13,15H,4,12,14H2,1H3. The van der Waals surface area contributed by atoms with Gasteiger partial charge >= 0.3 is 0 Å². The molecule has 0 saturated carbocycles. The average molecular weight is 401 g/mol. The van der Waals surface area contributed by atoms with Gasteiger partial charge in [0.25, 0.3) is 5.56 Å². The van der Waals surface area contributed by atoms with Crippen LogP contribution in [0.4, 0.5) is 5.95 Å². The highest BCUT2D eigenvalue weighted by atomic mass is 32.1. The zero-order valence-corrected chi connectivity index (χ0v) is 16.9. The maximum Gasteiger partial charge on any atom is 0.255 e. The monoisotopic (exact) mass is 400 g/mol. The first-order chi connectivity index (χ1) is 14.2. The molecule has 29 heavy (non-hydrogen) atoms. The van der Waals surface area contributed by atoms with E-state index < -0.39 is 0 Å². The van der Waals surface area contributed by atoms with Crippen LogP contribution in [0.2, 0.25) is 0 Å². The van der Waals surface area contributed by atoms with Crippen molar-refractivity contribution in [1.29, 1.82) is 0 Å². The number of benzene rings is 1. The van der Waals surface area contributed by atoms with Crippen molar-refractivity contribution in [2.24, 2.45) is 7.05 Å². The molecule has 0 N–H and O–H groups in total. The molecule has 0 spiro atoms. The van der Waals surface area contributed by atoms with E-state index in [9.17, 15) is 4.79 Å². The molecule has 0 amide bonds. The van der Waals surface area contributed by atoms with Crippen molar-refractivity contribution in [2.45, 2.75) is 6.42 Å². The Balaban J connectivity index is 1.53. The van der Waals surface area contributed by atoms with Gasteiger partial charge in [-0.2, -0.15) is 0 Å². The summed E-state index contributed by atoms with van der Waals surface area (Å²) in [6, 6.07) is 13.9. The molecule has 0 atom stereocenters. The zero-order valence-electron chi connectivity index (χ0n) is 16.1. The fourth-order valence-electron chi connectivity index (χ4n) is 3.82. The number of fused-ring (bicyclic) bond motifs is 1. The molecule has 6 heteroatoms. The number of hydrogen-bond acceptors (Lipinski definition) is 5. The largest absolute Gasteiger partial charge is 0.338 e. The summed E-state index contributed by atoms with van der Waals surface area (Å²) < 4.78 is 2.94. The second-order valence-electron chi connectivity index (χ2n) is 7.16. The molecule has 0 saturated heterocycles. The number of hydrogen-bond donors (Lipinski definition) is 0. The fraction of sp³-hybridized carbons (Fsp3) is 0.174. The highest BCUT2D eigenvalue weighted by molar-refractivity contribution is 7.17. The van der Waals surface area contributed by atoms with E-state index in [0.29, 0.717) is 11.6 Å². The van der Waals surface area contributed by atoms with Gasteiger partial charge in [-0.1, -0.05) is 24.3 Å². The van der Waals surface area contributed by atoms with Crippen LogP contribution in [0.15, 0.2) is 71.1 Å². The molecule has 0 unspecified atom stereocenters. The maximum atomic E-state index is 12.6. The van der Waals surface area contributed by atoms with E-state index in [1.807, 2.05) is 12.1 Å². The molecular weight excluding hydrogens is 380 g/mol. The smallest absolute Gasteiger partial charge is 0.255 e. The molecule has 0 aliphatic carbocycles. The van der Waals surface area contributed by atoms with Gasteiger partial charge in [0.2, 0.25) is 5.95 Å². The number of thiophene rings is 1. The summed E-state index contributed by atoms with van der Waals surface area (Å²) in [5.74, 6) is 0.703. The van der Waals surface area contributed by atoms with Gasteiger partial charge in [0.1, 0.15) is 0 Å². The van der Waals surface area contributed by atoms with Gasteiger partial charge < -0.3 is 4.90 Å². The summed E-state index contributed by atoms with van der Waals surface area (Å²) in [6.07, 6.45) is 6.68. The highest BCUT2D eigenvalue weighted by Crippen LogP contribution is 2.33. The number of pyridine rings is 1. The molecule has 144 valence electrons. The first-order valence-electron chi connectivity index (χ1n) is 9.60. The van der Waals surface area contributed by atoms with E-state index in [1.165, 1.54) is 21.2 Å². The van der Waals surface area contributed by atoms with Gasteiger partial charge in [0, 0.05) is 54.2 Å². The van der Waals surface area contributed by atoms with Crippen molar-refractivity contribution in [3.05, 3.63) is 82.2 Å². The average Bonchev–Trinajstić information content (AvgIpc) is 3.20. The van der Waals surface area contributed by atoms with Crippen LogP contribution in [0, 0.1) is 0 Å². The summed E-state index contributed by atoms with van der Waals surface area (Å²) in [5, 5.41) is 3.53. The number of rotatable bonds is 3.